The van der Waals surface area contributed by atoms with E-state index >= 15 is 0 Å². The van der Waals surface area contributed by atoms with Crippen LogP contribution in [-0.4, -0.2) is 35.0 Å². The second-order valence-electron chi connectivity index (χ2n) is 6.15. The van der Waals surface area contributed by atoms with Gasteiger partial charge in [0.05, 0.1) is 15.6 Å². The number of sulfone groups is 1. The molecule has 146 valence electrons. The number of halogens is 1. The first kappa shape index (κ1) is 21.2. The SMILES string of the molecule is CC(C)NC(=O)c1ccc(Cl)c(NS(=O)(=O)c2ccccc2S(C)(=O)=O)c1. The van der Waals surface area contributed by atoms with E-state index in [2.05, 4.69) is 10.0 Å². The van der Waals surface area contributed by atoms with Crippen LogP contribution in [0.2, 0.25) is 5.02 Å². The maximum atomic E-state index is 12.7. The Hall–Kier alpha value is -2.10. The van der Waals surface area contributed by atoms with Gasteiger partial charge in [-0.1, -0.05) is 23.7 Å². The van der Waals surface area contributed by atoms with Gasteiger partial charge in [0.25, 0.3) is 15.9 Å². The summed E-state index contributed by atoms with van der Waals surface area (Å²) in [5.74, 6) is -0.390. The van der Waals surface area contributed by atoms with Crippen molar-refractivity contribution in [1.29, 1.82) is 0 Å². The molecule has 2 N–H and O–H groups in total. The van der Waals surface area contributed by atoms with Crippen molar-refractivity contribution in [2.75, 3.05) is 11.0 Å². The number of carbonyl (C=O) groups excluding carboxylic acids is 1. The number of carbonyl (C=O) groups is 1. The molecule has 2 aromatic carbocycles. The van der Waals surface area contributed by atoms with E-state index in [1.54, 1.807) is 13.8 Å². The Labute approximate surface area is 163 Å². The van der Waals surface area contributed by atoms with Crippen LogP contribution in [0.1, 0.15) is 24.2 Å². The van der Waals surface area contributed by atoms with Crippen molar-refractivity contribution in [2.24, 2.45) is 0 Å². The fraction of sp³-hybridized carbons (Fsp3) is 0.235. The molecule has 0 spiro atoms. The van der Waals surface area contributed by atoms with Crippen LogP contribution >= 0.6 is 11.6 Å². The Kier molecular flexibility index (Phi) is 6.18. The number of amides is 1. The Morgan fingerprint density at radius 2 is 1.59 bits per heavy atom. The lowest BCUT2D eigenvalue weighted by Crippen LogP contribution is -2.30. The summed E-state index contributed by atoms with van der Waals surface area (Å²) >= 11 is 6.05. The third-order valence-electron chi connectivity index (χ3n) is 3.43. The van der Waals surface area contributed by atoms with Gasteiger partial charge in [0.2, 0.25) is 0 Å². The number of rotatable bonds is 6. The highest BCUT2D eigenvalue weighted by molar-refractivity contribution is 7.95. The summed E-state index contributed by atoms with van der Waals surface area (Å²) in [5, 5.41) is 2.76. The highest BCUT2D eigenvalue weighted by Gasteiger charge is 2.24. The zero-order valence-electron chi connectivity index (χ0n) is 14.9. The van der Waals surface area contributed by atoms with Crippen LogP contribution in [0.25, 0.3) is 0 Å². The van der Waals surface area contributed by atoms with Crippen molar-refractivity contribution < 1.29 is 21.6 Å². The van der Waals surface area contributed by atoms with Crippen molar-refractivity contribution in [2.45, 2.75) is 29.7 Å². The number of nitrogens with one attached hydrogen (secondary N) is 2. The highest BCUT2D eigenvalue weighted by Crippen LogP contribution is 2.28. The molecule has 10 heteroatoms. The first-order chi connectivity index (χ1) is 12.4. The van der Waals surface area contributed by atoms with E-state index in [9.17, 15) is 21.6 Å². The summed E-state index contributed by atoms with van der Waals surface area (Å²) in [5.41, 5.74) is 0.179. The Balaban J connectivity index is 2.47. The summed E-state index contributed by atoms with van der Waals surface area (Å²) in [4.78, 5) is 11.4. The van der Waals surface area contributed by atoms with E-state index < -0.39 is 30.7 Å². The molecule has 2 aromatic rings. The second kappa shape index (κ2) is 7.87. The number of anilines is 1. The maximum Gasteiger partial charge on any atom is 0.263 e. The molecule has 2 rings (SSSR count). The third kappa shape index (κ3) is 5.21. The fourth-order valence-corrected chi connectivity index (χ4v) is 5.19. The smallest absolute Gasteiger partial charge is 0.263 e. The fourth-order valence-electron chi connectivity index (χ4n) is 2.27. The molecular formula is C17H19ClN2O5S2. The van der Waals surface area contributed by atoms with Crippen molar-refractivity contribution in [3.05, 3.63) is 53.1 Å². The minimum atomic E-state index is -4.26. The maximum absolute atomic E-state index is 12.7. The van der Waals surface area contributed by atoms with Crippen molar-refractivity contribution >= 4 is 43.1 Å². The van der Waals surface area contributed by atoms with Crippen LogP contribution in [0.5, 0.6) is 0 Å². The van der Waals surface area contributed by atoms with E-state index in [-0.39, 0.29) is 27.2 Å². The lowest BCUT2D eigenvalue weighted by molar-refractivity contribution is 0.0943. The summed E-state index contributed by atoms with van der Waals surface area (Å²) in [7, 11) is -8.03. The van der Waals surface area contributed by atoms with Crippen LogP contribution in [0, 0.1) is 0 Å². The highest BCUT2D eigenvalue weighted by atomic mass is 35.5. The van der Waals surface area contributed by atoms with E-state index in [0.717, 1.165) is 6.26 Å². The lowest BCUT2D eigenvalue weighted by Gasteiger charge is -2.14. The molecule has 0 bridgehead atoms. The van der Waals surface area contributed by atoms with E-state index in [0.29, 0.717) is 0 Å². The molecule has 0 aromatic heterocycles. The molecule has 0 unspecified atom stereocenters. The van der Waals surface area contributed by atoms with E-state index in [4.69, 9.17) is 11.6 Å². The van der Waals surface area contributed by atoms with Crippen molar-refractivity contribution in [3.63, 3.8) is 0 Å². The van der Waals surface area contributed by atoms with Crippen molar-refractivity contribution in [1.82, 2.24) is 5.32 Å². The zero-order valence-corrected chi connectivity index (χ0v) is 17.2. The minimum absolute atomic E-state index is 0.0311. The van der Waals surface area contributed by atoms with E-state index in [1.807, 2.05) is 0 Å². The number of hydrogen-bond donors (Lipinski definition) is 2. The van der Waals surface area contributed by atoms with Crippen LogP contribution in [0.15, 0.2) is 52.3 Å². The number of hydrogen-bond acceptors (Lipinski definition) is 5. The van der Waals surface area contributed by atoms with Crippen LogP contribution < -0.4 is 10.0 Å². The average molecular weight is 431 g/mol. The van der Waals surface area contributed by atoms with Crippen LogP contribution in [0.4, 0.5) is 5.69 Å². The molecule has 0 aliphatic heterocycles. The molecule has 0 atom stereocenters. The van der Waals surface area contributed by atoms with Crippen molar-refractivity contribution in [3.8, 4) is 0 Å². The Morgan fingerprint density at radius 1 is 1.00 bits per heavy atom. The third-order valence-corrected chi connectivity index (χ3v) is 6.47. The topological polar surface area (TPSA) is 109 Å². The Bertz CT molecular complexity index is 1080. The van der Waals surface area contributed by atoms with Crippen LogP contribution in [0.3, 0.4) is 0 Å². The average Bonchev–Trinajstić information content (AvgIpc) is 2.55. The monoisotopic (exact) mass is 430 g/mol. The van der Waals surface area contributed by atoms with Gasteiger partial charge in [0, 0.05) is 17.9 Å². The molecule has 27 heavy (non-hydrogen) atoms. The molecule has 0 fully saturated rings. The molecule has 0 aliphatic rings. The van der Waals surface area contributed by atoms with E-state index in [1.165, 1.54) is 42.5 Å². The predicted molar refractivity (Wildman–Crippen MR) is 104 cm³/mol. The standard InChI is InChI=1S/C17H19ClN2O5S2/c1-11(2)19-17(21)12-8-9-13(18)14(10-12)20-27(24,25)16-7-5-4-6-15(16)26(3,22)23/h4-11,20H,1-3H3,(H,19,21). The lowest BCUT2D eigenvalue weighted by atomic mass is 10.2. The quantitative estimate of drug-likeness (QED) is 0.732. The number of benzene rings is 2. The summed E-state index contributed by atoms with van der Waals surface area (Å²) in [6.45, 7) is 3.58. The second-order valence-corrected chi connectivity index (χ2v) is 10.2. The molecular weight excluding hydrogens is 412 g/mol. The molecule has 1 amide bonds. The van der Waals surface area contributed by atoms with Gasteiger partial charge in [-0.05, 0) is 44.2 Å². The van der Waals surface area contributed by atoms with Crippen LogP contribution in [-0.2, 0) is 19.9 Å². The van der Waals surface area contributed by atoms with Gasteiger partial charge in [-0.2, -0.15) is 0 Å². The first-order valence-electron chi connectivity index (χ1n) is 7.84. The molecule has 0 radical (unpaired) electrons. The van der Waals surface area contributed by atoms with Gasteiger partial charge in [0.1, 0.15) is 4.90 Å². The predicted octanol–water partition coefficient (Wildman–Crippen LogP) is 2.68. The molecule has 0 saturated heterocycles. The van der Waals surface area contributed by atoms with Gasteiger partial charge in [0.15, 0.2) is 9.84 Å². The van der Waals surface area contributed by atoms with Gasteiger partial charge < -0.3 is 5.32 Å². The summed E-state index contributed by atoms with van der Waals surface area (Å²) < 4.78 is 51.5. The largest absolute Gasteiger partial charge is 0.350 e. The zero-order chi connectivity index (χ0) is 20.4. The normalized spacial score (nSPS) is 12.0. The summed E-state index contributed by atoms with van der Waals surface area (Å²) in [6.07, 6.45) is 0.922. The minimum Gasteiger partial charge on any atom is -0.350 e. The van der Waals surface area contributed by atoms with Gasteiger partial charge in [-0.3, -0.25) is 9.52 Å². The Morgan fingerprint density at radius 3 is 2.15 bits per heavy atom. The molecule has 0 saturated carbocycles. The first-order valence-corrected chi connectivity index (χ1v) is 11.6. The van der Waals surface area contributed by atoms with Gasteiger partial charge >= 0.3 is 0 Å². The van der Waals surface area contributed by atoms with Gasteiger partial charge in [-0.25, -0.2) is 16.8 Å². The number of sulfonamides is 1. The summed E-state index contributed by atoms with van der Waals surface area (Å²) in [6, 6.07) is 9.27. The molecule has 0 aliphatic carbocycles. The molecule has 7 nitrogen and oxygen atoms in total. The molecule has 0 heterocycles. The van der Waals surface area contributed by atoms with Gasteiger partial charge in [-0.15, -0.1) is 0 Å².